The van der Waals surface area contributed by atoms with Crippen LogP contribution < -0.4 is 0 Å². The van der Waals surface area contributed by atoms with Crippen LogP contribution in [-0.2, 0) is 31.1 Å². The van der Waals surface area contributed by atoms with Gasteiger partial charge in [0.1, 0.15) is 0 Å². The lowest BCUT2D eigenvalue weighted by atomic mass is 9.74. The first-order valence-corrected chi connectivity index (χ1v) is 20.7. The Bertz CT molecular complexity index is 2260. The molecule has 8 aromatic rings. The molecular weight excluding hydrogens is 701 g/mol. The summed E-state index contributed by atoms with van der Waals surface area (Å²) < 4.78 is 0. The second-order valence-electron chi connectivity index (χ2n) is 14.2. The molecule has 2 aromatic heterocycles. The molecule has 0 aliphatic carbocycles. The SMILES string of the molecule is C(=C(/Cc1ccccc1)c1ccc(C(Cc2ccccc2)(Cc2ccccc2)c2ccc(/C(=C/c3ccccc3)Cc3ccccc3)s2)s1)/c1ccccc1. The second-order valence-corrected chi connectivity index (χ2v) is 16.4. The minimum absolute atomic E-state index is 0.288. The average molecular weight is 745 g/mol. The summed E-state index contributed by atoms with van der Waals surface area (Å²) in [4.78, 5) is 5.43. The number of thiophene rings is 2. The van der Waals surface area contributed by atoms with Crippen molar-refractivity contribution in [3.8, 4) is 0 Å². The van der Waals surface area contributed by atoms with Crippen molar-refractivity contribution in [3.63, 3.8) is 0 Å². The van der Waals surface area contributed by atoms with E-state index in [1.807, 2.05) is 22.7 Å². The largest absolute Gasteiger partial charge is 0.140 e. The normalized spacial score (nSPS) is 12.1. The van der Waals surface area contributed by atoms with Crippen molar-refractivity contribution in [2.45, 2.75) is 31.1 Å². The highest BCUT2D eigenvalue weighted by molar-refractivity contribution is 7.15. The van der Waals surface area contributed by atoms with Gasteiger partial charge in [0.25, 0.3) is 0 Å². The summed E-state index contributed by atoms with van der Waals surface area (Å²) in [7, 11) is 0. The molecule has 0 radical (unpaired) electrons. The van der Waals surface area contributed by atoms with Crippen LogP contribution in [0.15, 0.2) is 206 Å². The first kappa shape index (κ1) is 36.2. The van der Waals surface area contributed by atoms with Gasteiger partial charge in [-0.25, -0.2) is 0 Å². The zero-order valence-electron chi connectivity index (χ0n) is 30.9. The summed E-state index contributed by atoms with van der Waals surface area (Å²) in [6, 6.07) is 75.1. The van der Waals surface area contributed by atoms with Crippen LogP contribution in [0.3, 0.4) is 0 Å². The Kier molecular flexibility index (Phi) is 11.6. The highest BCUT2D eigenvalue weighted by Crippen LogP contribution is 2.47. The van der Waals surface area contributed by atoms with E-state index in [0.717, 1.165) is 25.7 Å². The molecule has 0 saturated carbocycles. The fraction of sp³-hybridized carbons (Fsp3) is 0.0943. The van der Waals surface area contributed by atoms with Gasteiger partial charge in [0, 0.05) is 24.9 Å². The summed E-state index contributed by atoms with van der Waals surface area (Å²) in [5.74, 6) is 0. The summed E-state index contributed by atoms with van der Waals surface area (Å²) in [6.45, 7) is 0. The molecule has 0 amide bonds. The highest BCUT2D eigenvalue weighted by Gasteiger charge is 2.38. The fourth-order valence-electron chi connectivity index (χ4n) is 7.51. The van der Waals surface area contributed by atoms with Crippen molar-refractivity contribution in [1.29, 1.82) is 0 Å². The van der Waals surface area contributed by atoms with Gasteiger partial charge >= 0.3 is 0 Å². The molecule has 0 bridgehead atoms. The van der Waals surface area contributed by atoms with E-state index in [-0.39, 0.29) is 5.41 Å². The van der Waals surface area contributed by atoms with Gasteiger partial charge < -0.3 is 0 Å². The van der Waals surface area contributed by atoms with Gasteiger partial charge in [-0.05, 0) is 94.5 Å². The van der Waals surface area contributed by atoms with Crippen LogP contribution in [-0.4, -0.2) is 0 Å². The molecule has 8 rings (SSSR count). The van der Waals surface area contributed by atoms with Gasteiger partial charge in [-0.2, -0.15) is 0 Å². The molecule has 0 unspecified atom stereocenters. The fourth-order valence-corrected chi connectivity index (χ4v) is 10.0. The molecule has 268 valence electrons. The van der Waals surface area contributed by atoms with Crippen molar-refractivity contribution >= 4 is 46.0 Å². The molecule has 6 aromatic carbocycles. The third-order valence-corrected chi connectivity index (χ3v) is 13.0. The van der Waals surface area contributed by atoms with E-state index in [9.17, 15) is 0 Å². The maximum absolute atomic E-state index is 2.43. The Hall–Kier alpha value is -5.80. The van der Waals surface area contributed by atoms with Crippen LogP contribution >= 0.6 is 22.7 Å². The quantitative estimate of drug-likeness (QED) is 0.104. The summed E-state index contributed by atoms with van der Waals surface area (Å²) in [5.41, 5.74) is 10.2. The Balaban J connectivity index is 1.28. The molecule has 0 fully saturated rings. The van der Waals surface area contributed by atoms with Crippen LogP contribution in [0.1, 0.15) is 52.9 Å². The molecule has 2 heterocycles. The van der Waals surface area contributed by atoms with Gasteiger partial charge in [-0.1, -0.05) is 194 Å². The van der Waals surface area contributed by atoms with Gasteiger partial charge in [-0.3, -0.25) is 0 Å². The third-order valence-electron chi connectivity index (χ3n) is 10.2. The average Bonchev–Trinajstić information content (AvgIpc) is 3.95. The lowest BCUT2D eigenvalue weighted by molar-refractivity contribution is 0.527. The highest BCUT2D eigenvalue weighted by atomic mass is 32.1. The molecule has 0 saturated heterocycles. The van der Waals surface area contributed by atoms with Crippen molar-refractivity contribution in [3.05, 3.63) is 259 Å². The predicted octanol–water partition coefficient (Wildman–Crippen LogP) is 14.1. The number of hydrogen-bond acceptors (Lipinski definition) is 2. The molecule has 0 aliphatic rings. The summed E-state index contributed by atoms with van der Waals surface area (Å²) in [6.07, 6.45) is 8.30. The van der Waals surface area contributed by atoms with Crippen LogP contribution in [0.5, 0.6) is 0 Å². The first-order valence-electron chi connectivity index (χ1n) is 19.1. The maximum Gasteiger partial charge on any atom is 0.0471 e. The number of rotatable bonds is 14. The molecule has 2 heteroatoms. The summed E-state index contributed by atoms with van der Waals surface area (Å²) >= 11 is 3.93. The smallest absolute Gasteiger partial charge is 0.0471 e. The van der Waals surface area contributed by atoms with Crippen molar-refractivity contribution in [1.82, 2.24) is 0 Å². The van der Waals surface area contributed by atoms with Gasteiger partial charge in [0.15, 0.2) is 0 Å². The van der Waals surface area contributed by atoms with Crippen LogP contribution in [0.25, 0.3) is 23.3 Å². The Morgan fingerprint density at radius 1 is 0.345 bits per heavy atom. The van der Waals surface area contributed by atoms with E-state index in [1.54, 1.807) is 0 Å². The van der Waals surface area contributed by atoms with Gasteiger partial charge in [0.2, 0.25) is 0 Å². The topological polar surface area (TPSA) is 0 Å². The predicted molar refractivity (Wildman–Crippen MR) is 239 cm³/mol. The lowest BCUT2D eigenvalue weighted by Gasteiger charge is -2.33. The second kappa shape index (κ2) is 17.6. The van der Waals surface area contributed by atoms with Crippen LogP contribution in [0, 0.1) is 0 Å². The lowest BCUT2D eigenvalue weighted by Crippen LogP contribution is -2.31. The minimum atomic E-state index is -0.288. The molecule has 55 heavy (non-hydrogen) atoms. The molecule has 0 atom stereocenters. The first-order chi connectivity index (χ1) is 27.2. The van der Waals surface area contributed by atoms with Gasteiger partial charge in [-0.15, -0.1) is 22.7 Å². The van der Waals surface area contributed by atoms with Crippen molar-refractivity contribution in [2.24, 2.45) is 0 Å². The van der Waals surface area contributed by atoms with Crippen LogP contribution in [0.2, 0.25) is 0 Å². The van der Waals surface area contributed by atoms with Crippen molar-refractivity contribution < 1.29 is 0 Å². The van der Waals surface area contributed by atoms with Crippen LogP contribution in [0.4, 0.5) is 0 Å². The Morgan fingerprint density at radius 3 is 1.00 bits per heavy atom. The minimum Gasteiger partial charge on any atom is -0.140 e. The summed E-state index contributed by atoms with van der Waals surface area (Å²) in [5, 5.41) is 0. The maximum atomic E-state index is 2.43. The van der Waals surface area contributed by atoms with E-state index in [1.165, 1.54) is 64.0 Å². The molecule has 0 aliphatic heterocycles. The molecule has 0 nitrogen and oxygen atoms in total. The number of benzene rings is 6. The number of hydrogen-bond donors (Lipinski definition) is 0. The van der Waals surface area contributed by atoms with E-state index in [0.29, 0.717) is 0 Å². The third kappa shape index (κ3) is 9.12. The zero-order valence-corrected chi connectivity index (χ0v) is 32.6. The number of allylic oxidation sites excluding steroid dienone is 2. The van der Waals surface area contributed by atoms with Crippen molar-refractivity contribution in [2.75, 3.05) is 0 Å². The molecule has 0 N–H and O–H groups in total. The monoisotopic (exact) mass is 744 g/mol. The standard InChI is InChI=1S/C53H44S2/c1-7-19-41(20-8-1)35-47(36-42-21-9-2-10-22-42)49-31-33-51(54-49)53(39-45-27-15-5-16-28-45,40-46-29-17-6-18-30-46)52-34-32-50(55-52)48(37-43-23-11-3-12-24-43)38-44-25-13-4-14-26-44/h1-35,37H,36,38-40H2/b47-35+,48-37+. The Labute approximate surface area is 334 Å². The van der Waals surface area contributed by atoms with E-state index >= 15 is 0 Å². The zero-order chi connectivity index (χ0) is 37.1. The van der Waals surface area contributed by atoms with E-state index in [4.69, 9.17) is 0 Å². The van der Waals surface area contributed by atoms with E-state index in [2.05, 4.69) is 218 Å². The molecule has 0 spiro atoms. The Morgan fingerprint density at radius 2 is 0.655 bits per heavy atom. The van der Waals surface area contributed by atoms with Gasteiger partial charge in [0.05, 0.1) is 0 Å². The van der Waals surface area contributed by atoms with E-state index < -0.39 is 0 Å². The molecular formula is C53H44S2.